The van der Waals surface area contributed by atoms with Gasteiger partial charge in [0.25, 0.3) is 0 Å². The van der Waals surface area contributed by atoms with Gasteiger partial charge in [-0.05, 0) is 37.5 Å². The van der Waals surface area contributed by atoms with Crippen LogP contribution < -0.4 is 10.6 Å². The Balaban J connectivity index is 1.49. The molecule has 1 fully saturated rings. The Morgan fingerprint density at radius 3 is 2.61 bits per heavy atom. The van der Waals surface area contributed by atoms with Crippen LogP contribution in [0, 0.1) is 0 Å². The first-order chi connectivity index (χ1) is 13.8. The van der Waals surface area contributed by atoms with E-state index in [4.69, 9.17) is 4.99 Å². The molecule has 6 heteroatoms. The molecule has 0 unspecified atom stereocenters. The molecular formula is C22H28N6. The summed E-state index contributed by atoms with van der Waals surface area (Å²) in [7, 11) is 0. The van der Waals surface area contributed by atoms with Crippen LogP contribution in [0.15, 0.2) is 59.7 Å². The summed E-state index contributed by atoms with van der Waals surface area (Å²) in [5.74, 6) is 1.67. The van der Waals surface area contributed by atoms with Crippen LogP contribution in [0.5, 0.6) is 0 Å². The highest BCUT2D eigenvalue weighted by atomic mass is 15.3. The molecule has 0 bridgehead atoms. The van der Waals surface area contributed by atoms with E-state index in [0.717, 1.165) is 30.5 Å². The Morgan fingerprint density at radius 1 is 1.04 bits per heavy atom. The summed E-state index contributed by atoms with van der Waals surface area (Å²) < 4.78 is 1.98. The van der Waals surface area contributed by atoms with Crippen molar-refractivity contribution in [3.05, 3.63) is 66.1 Å². The van der Waals surface area contributed by atoms with E-state index in [1.165, 1.54) is 31.2 Å². The normalized spacial score (nSPS) is 16.4. The number of nitrogens with one attached hydrogen (secondary N) is 2. The fraction of sp³-hybridized carbons (Fsp3) is 0.409. The molecule has 0 radical (unpaired) electrons. The molecule has 0 saturated heterocycles. The van der Waals surface area contributed by atoms with Crippen LogP contribution in [0.25, 0.3) is 5.65 Å². The SMILES string of the molecule is CCNC(=NCc1nnc2ccccn12)NCC1(c2ccccc2)CCCC1. The second-order valence-electron chi connectivity index (χ2n) is 7.45. The molecule has 1 aromatic carbocycles. The molecule has 0 spiro atoms. The molecule has 1 aliphatic carbocycles. The Kier molecular flexibility index (Phi) is 5.55. The number of rotatable bonds is 6. The summed E-state index contributed by atoms with van der Waals surface area (Å²) in [4.78, 5) is 4.76. The van der Waals surface area contributed by atoms with Gasteiger partial charge in [0.2, 0.25) is 0 Å². The predicted molar refractivity (Wildman–Crippen MR) is 112 cm³/mol. The van der Waals surface area contributed by atoms with Crippen LogP contribution in [-0.4, -0.2) is 33.6 Å². The highest BCUT2D eigenvalue weighted by Gasteiger charge is 2.35. The monoisotopic (exact) mass is 376 g/mol. The summed E-state index contributed by atoms with van der Waals surface area (Å²) in [6.45, 7) is 4.29. The first-order valence-electron chi connectivity index (χ1n) is 10.2. The Hall–Kier alpha value is -2.89. The Labute approximate surface area is 166 Å². The van der Waals surface area contributed by atoms with E-state index in [1.807, 2.05) is 28.8 Å². The highest BCUT2D eigenvalue weighted by molar-refractivity contribution is 5.79. The first-order valence-corrected chi connectivity index (χ1v) is 10.2. The third-order valence-corrected chi connectivity index (χ3v) is 5.65. The zero-order valence-corrected chi connectivity index (χ0v) is 16.4. The van der Waals surface area contributed by atoms with Gasteiger partial charge in [-0.1, -0.05) is 49.2 Å². The number of fused-ring (bicyclic) bond motifs is 1. The van der Waals surface area contributed by atoms with E-state index >= 15 is 0 Å². The van der Waals surface area contributed by atoms with Crippen molar-refractivity contribution in [2.75, 3.05) is 13.1 Å². The van der Waals surface area contributed by atoms with Crippen LogP contribution >= 0.6 is 0 Å². The van der Waals surface area contributed by atoms with Gasteiger partial charge < -0.3 is 10.6 Å². The summed E-state index contributed by atoms with van der Waals surface area (Å²) in [5.41, 5.74) is 2.47. The summed E-state index contributed by atoms with van der Waals surface area (Å²) in [5, 5.41) is 15.4. The van der Waals surface area contributed by atoms with Crippen molar-refractivity contribution in [3.8, 4) is 0 Å². The third kappa shape index (κ3) is 3.86. The molecule has 2 N–H and O–H groups in total. The van der Waals surface area contributed by atoms with Gasteiger partial charge in [0.1, 0.15) is 6.54 Å². The van der Waals surface area contributed by atoms with Crippen LogP contribution in [0.2, 0.25) is 0 Å². The fourth-order valence-electron chi connectivity index (χ4n) is 4.15. The van der Waals surface area contributed by atoms with Crippen molar-refractivity contribution in [2.24, 2.45) is 4.99 Å². The van der Waals surface area contributed by atoms with Crippen LogP contribution in [0.4, 0.5) is 0 Å². The zero-order chi connectivity index (χ0) is 19.2. The van der Waals surface area contributed by atoms with Crippen molar-refractivity contribution >= 4 is 11.6 Å². The van der Waals surface area contributed by atoms with Crippen molar-refractivity contribution in [3.63, 3.8) is 0 Å². The minimum atomic E-state index is 0.193. The molecule has 2 aromatic heterocycles. The van der Waals surface area contributed by atoms with Gasteiger partial charge in [-0.15, -0.1) is 10.2 Å². The molecule has 0 aliphatic heterocycles. The van der Waals surface area contributed by atoms with Crippen LogP contribution in [0.3, 0.4) is 0 Å². The number of hydrogen-bond donors (Lipinski definition) is 2. The number of aromatic nitrogens is 3. The number of nitrogens with zero attached hydrogens (tertiary/aromatic N) is 4. The maximum absolute atomic E-state index is 4.76. The van der Waals surface area contributed by atoms with Gasteiger partial charge >= 0.3 is 0 Å². The lowest BCUT2D eigenvalue weighted by Crippen LogP contribution is -2.44. The van der Waals surface area contributed by atoms with E-state index in [0.29, 0.717) is 6.54 Å². The van der Waals surface area contributed by atoms with Crippen molar-refractivity contribution in [2.45, 2.75) is 44.6 Å². The number of guanidine groups is 1. The molecule has 1 saturated carbocycles. The smallest absolute Gasteiger partial charge is 0.191 e. The van der Waals surface area contributed by atoms with E-state index in [-0.39, 0.29) is 5.41 Å². The molecule has 3 aromatic rings. The summed E-state index contributed by atoms with van der Waals surface area (Å²) in [6.07, 6.45) is 6.99. The van der Waals surface area contributed by atoms with E-state index in [2.05, 4.69) is 58.1 Å². The van der Waals surface area contributed by atoms with E-state index in [9.17, 15) is 0 Å². The number of aliphatic imine (C=N–C) groups is 1. The summed E-state index contributed by atoms with van der Waals surface area (Å²) in [6, 6.07) is 16.8. The molecule has 4 rings (SSSR count). The van der Waals surface area contributed by atoms with Gasteiger partial charge in [-0.3, -0.25) is 4.40 Å². The van der Waals surface area contributed by atoms with Crippen molar-refractivity contribution < 1.29 is 0 Å². The van der Waals surface area contributed by atoms with Gasteiger partial charge in [-0.2, -0.15) is 0 Å². The van der Waals surface area contributed by atoms with Crippen molar-refractivity contribution in [1.29, 1.82) is 0 Å². The first kappa shape index (κ1) is 18.5. The largest absolute Gasteiger partial charge is 0.357 e. The topological polar surface area (TPSA) is 66.6 Å². The molecular weight excluding hydrogens is 348 g/mol. The van der Waals surface area contributed by atoms with E-state index in [1.54, 1.807) is 0 Å². The number of hydrogen-bond acceptors (Lipinski definition) is 3. The molecule has 0 amide bonds. The minimum Gasteiger partial charge on any atom is -0.357 e. The molecule has 1 aliphatic rings. The lowest BCUT2D eigenvalue weighted by molar-refractivity contribution is 0.431. The van der Waals surface area contributed by atoms with Crippen molar-refractivity contribution in [1.82, 2.24) is 25.2 Å². The van der Waals surface area contributed by atoms with Gasteiger partial charge in [-0.25, -0.2) is 4.99 Å². The number of benzene rings is 1. The molecule has 146 valence electrons. The van der Waals surface area contributed by atoms with Crippen LogP contribution in [-0.2, 0) is 12.0 Å². The molecule has 6 nitrogen and oxygen atoms in total. The van der Waals surface area contributed by atoms with Crippen LogP contribution in [0.1, 0.15) is 44.0 Å². The fourth-order valence-corrected chi connectivity index (χ4v) is 4.15. The number of pyridine rings is 1. The predicted octanol–water partition coefficient (Wildman–Crippen LogP) is 3.30. The molecule has 2 heterocycles. The second kappa shape index (κ2) is 8.42. The Morgan fingerprint density at radius 2 is 1.82 bits per heavy atom. The van der Waals surface area contributed by atoms with E-state index < -0.39 is 0 Å². The highest BCUT2D eigenvalue weighted by Crippen LogP contribution is 2.40. The maximum Gasteiger partial charge on any atom is 0.191 e. The average molecular weight is 377 g/mol. The standard InChI is InChI=1S/C22H28N6/c1-2-23-21(24-16-20-27-26-19-12-6-9-15-28(19)20)25-17-22(13-7-8-14-22)18-10-4-3-5-11-18/h3-6,9-12,15H,2,7-8,13-14,16-17H2,1H3,(H2,23,24,25). The quantitative estimate of drug-likeness (QED) is 0.512. The van der Waals surface area contributed by atoms with Gasteiger partial charge in [0.15, 0.2) is 17.4 Å². The minimum absolute atomic E-state index is 0.193. The second-order valence-corrected chi connectivity index (χ2v) is 7.45. The average Bonchev–Trinajstić information content (AvgIpc) is 3.39. The van der Waals surface area contributed by atoms with Gasteiger partial charge in [0.05, 0.1) is 0 Å². The van der Waals surface area contributed by atoms with Gasteiger partial charge in [0, 0.05) is 24.7 Å². The lowest BCUT2D eigenvalue weighted by Gasteiger charge is -2.30. The molecule has 0 atom stereocenters. The lowest BCUT2D eigenvalue weighted by atomic mass is 9.79. The Bertz CT molecular complexity index is 924. The maximum atomic E-state index is 4.76. The third-order valence-electron chi connectivity index (χ3n) is 5.65. The zero-order valence-electron chi connectivity index (χ0n) is 16.4. The molecule has 28 heavy (non-hydrogen) atoms. The summed E-state index contributed by atoms with van der Waals surface area (Å²) >= 11 is 0.